The van der Waals surface area contributed by atoms with Crippen LogP contribution in [0.3, 0.4) is 0 Å². The molecule has 1 unspecified atom stereocenters. The van der Waals surface area contributed by atoms with Gasteiger partial charge in [0.2, 0.25) is 0 Å². The molecule has 0 saturated carbocycles. The third-order valence-electron chi connectivity index (χ3n) is 5.07. The summed E-state index contributed by atoms with van der Waals surface area (Å²) < 4.78 is 7.15. The van der Waals surface area contributed by atoms with Crippen LogP contribution in [-0.4, -0.2) is 44.9 Å². The van der Waals surface area contributed by atoms with Crippen LogP contribution in [-0.2, 0) is 16.1 Å². The Morgan fingerprint density at radius 1 is 1.23 bits per heavy atom. The maximum atomic E-state index is 12.9. The lowest BCUT2D eigenvalue weighted by molar-refractivity contribution is -0.139. The minimum atomic E-state index is -0.670. The van der Waals surface area contributed by atoms with Crippen LogP contribution in [0.25, 0.3) is 5.76 Å². The Balaban J connectivity index is 1.69. The van der Waals surface area contributed by atoms with E-state index in [1.54, 1.807) is 41.7 Å². The number of methoxy groups -OCH3 is 1. The average molecular weight is 423 g/mol. The number of rotatable bonds is 7. The highest BCUT2D eigenvalue weighted by Crippen LogP contribution is 2.41. The van der Waals surface area contributed by atoms with E-state index < -0.39 is 17.7 Å². The SMILES string of the molecule is COc1cccc(/C(O)=C2/C(=O)C(=O)N(CCCn3ccnc3)C2c2cccs2)c1. The number of aliphatic hydroxyl groups excluding tert-OH is 1. The zero-order valence-electron chi connectivity index (χ0n) is 16.4. The number of amides is 1. The molecule has 7 nitrogen and oxygen atoms in total. The minimum absolute atomic E-state index is 0.110. The number of hydrogen-bond donors (Lipinski definition) is 1. The van der Waals surface area contributed by atoms with Crippen molar-refractivity contribution < 1.29 is 19.4 Å². The number of carbonyl (C=O) groups excluding carboxylic acids is 2. The van der Waals surface area contributed by atoms with Gasteiger partial charge in [-0.15, -0.1) is 11.3 Å². The van der Waals surface area contributed by atoms with Crippen molar-refractivity contribution in [2.45, 2.75) is 19.0 Å². The van der Waals surface area contributed by atoms with Gasteiger partial charge < -0.3 is 19.3 Å². The number of carbonyl (C=O) groups is 2. The first-order valence-electron chi connectivity index (χ1n) is 9.52. The summed E-state index contributed by atoms with van der Waals surface area (Å²) in [6, 6.07) is 9.96. The second-order valence-electron chi connectivity index (χ2n) is 6.89. The second kappa shape index (κ2) is 8.54. The van der Waals surface area contributed by atoms with Crippen LogP contribution in [0, 0.1) is 0 Å². The van der Waals surface area contributed by atoms with E-state index in [1.807, 2.05) is 28.3 Å². The van der Waals surface area contributed by atoms with E-state index in [0.29, 0.717) is 30.8 Å². The molecule has 0 radical (unpaired) electrons. The number of aliphatic hydroxyl groups is 1. The van der Waals surface area contributed by atoms with Gasteiger partial charge in [-0.3, -0.25) is 9.59 Å². The molecule has 30 heavy (non-hydrogen) atoms. The number of aryl methyl sites for hydroxylation is 1. The maximum Gasteiger partial charge on any atom is 0.295 e. The Kier molecular flexibility index (Phi) is 5.67. The number of Topliss-reactive ketones (excluding diaryl/α,β-unsaturated/α-hetero) is 1. The predicted molar refractivity (Wildman–Crippen MR) is 113 cm³/mol. The van der Waals surface area contributed by atoms with Crippen LogP contribution < -0.4 is 4.74 Å². The second-order valence-corrected chi connectivity index (χ2v) is 7.87. The molecule has 8 heteroatoms. The molecule has 1 fully saturated rings. The summed E-state index contributed by atoms with van der Waals surface area (Å²) in [4.78, 5) is 32.2. The van der Waals surface area contributed by atoms with Crippen LogP contribution >= 0.6 is 11.3 Å². The van der Waals surface area contributed by atoms with Gasteiger partial charge in [0.1, 0.15) is 11.5 Å². The van der Waals surface area contributed by atoms with Crippen LogP contribution in [0.2, 0.25) is 0 Å². The third-order valence-corrected chi connectivity index (χ3v) is 6.00. The Morgan fingerprint density at radius 2 is 2.10 bits per heavy atom. The molecule has 1 amide bonds. The number of imidazole rings is 1. The maximum absolute atomic E-state index is 12.9. The van der Waals surface area contributed by atoms with Crippen LogP contribution in [0.4, 0.5) is 0 Å². The van der Waals surface area contributed by atoms with Crippen molar-refractivity contribution in [3.63, 3.8) is 0 Å². The van der Waals surface area contributed by atoms with Gasteiger partial charge in [-0.2, -0.15) is 0 Å². The monoisotopic (exact) mass is 423 g/mol. The summed E-state index contributed by atoms with van der Waals surface area (Å²) in [7, 11) is 1.53. The normalized spacial score (nSPS) is 18.2. The number of ketones is 1. The molecule has 4 rings (SSSR count). The highest BCUT2D eigenvalue weighted by Gasteiger charge is 2.46. The lowest BCUT2D eigenvalue weighted by Crippen LogP contribution is -2.31. The quantitative estimate of drug-likeness (QED) is 0.357. The number of benzene rings is 1. The Bertz CT molecular complexity index is 1070. The lowest BCUT2D eigenvalue weighted by Gasteiger charge is -2.24. The van der Waals surface area contributed by atoms with Crippen molar-refractivity contribution in [1.82, 2.24) is 14.5 Å². The molecule has 1 atom stereocenters. The number of likely N-dealkylation sites (tertiary alicyclic amines) is 1. The van der Waals surface area contributed by atoms with Crippen molar-refractivity contribution in [3.8, 4) is 5.75 Å². The molecule has 1 aliphatic heterocycles. The lowest BCUT2D eigenvalue weighted by atomic mass is 9.99. The molecule has 3 heterocycles. The van der Waals surface area contributed by atoms with Gasteiger partial charge in [0, 0.05) is 35.9 Å². The molecule has 0 bridgehead atoms. The summed E-state index contributed by atoms with van der Waals surface area (Å²) >= 11 is 1.45. The van der Waals surface area contributed by atoms with E-state index in [1.165, 1.54) is 18.4 Å². The minimum Gasteiger partial charge on any atom is -0.507 e. The van der Waals surface area contributed by atoms with Gasteiger partial charge >= 0.3 is 0 Å². The molecule has 1 saturated heterocycles. The van der Waals surface area contributed by atoms with Gasteiger partial charge in [-0.05, 0) is 30.0 Å². The molecule has 154 valence electrons. The topological polar surface area (TPSA) is 84.7 Å². The van der Waals surface area contributed by atoms with Gasteiger partial charge in [0.05, 0.1) is 25.1 Å². The number of aromatic nitrogens is 2. The molecule has 1 aromatic carbocycles. The first kappa shape index (κ1) is 19.9. The molecular weight excluding hydrogens is 402 g/mol. The highest BCUT2D eigenvalue weighted by atomic mass is 32.1. The highest BCUT2D eigenvalue weighted by molar-refractivity contribution is 7.10. The molecular formula is C22H21N3O4S. The van der Waals surface area contributed by atoms with E-state index in [4.69, 9.17) is 4.74 Å². The molecule has 0 spiro atoms. The summed E-state index contributed by atoms with van der Waals surface area (Å²) in [5, 5.41) is 12.9. The van der Waals surface area contributed by atoms with Crippen molar-refractivity contribution in [3.05, 3.63) is 76.5 Å². The van der Waals surface area contributed by atoms with E-state index in [2.05, 4.69) is 4.98 Å². The zero-order valence-corrected chi connectivity index (χ0v) is 17.2. The van der Waals surface area contributed by atoms with Crippen molar-refractivity contribution in [2.24, 2.45) is 0 Å². The Morgan fingerprint density at radius 3 is 2.80 bits per heavy atom. The summed E-state index contributed by atoms with van der Waals surface area (Å²) in [6.45, 7) is 1.07. The first-order chi connectivity index (χ1) is 14.6. The summed E-state index contributed by atoms with van der Waals surface area (Å²) in [6.07, 6.45) is 5.93. The molecule has 0 aliphatic carbocycles. The van der Waals surface area contributed by atoms with E-state index in [9.17, 15) is 14.7 Å². The standard InChI is InChI=1S/C22H21N3O4S/c1-29-16-6-2-5-15(13-16)20(26)18-19(17-7-3-12-30-17)25(22(28)21(18)27)10-4-9-24-11-8-23-14-24/h2-3,5-8,11-14,19,26H,4,9-10H2,1H3/b20-18-. The number of nitrogens with zero attached hydrogens (tertiary/aromatic N) is 3. The summed E-state index contributed by atoms with van der Waals surface area (Å²) in [5.41, 5.74) is 0.547. The van der Waals surface area contributed by atoms with Crippen molar-refractivity contribution in [1.29, 1.82) is 0 Å². The fourth-order valence-electron chi connectivity index (χ4n) is 3.62. The van der Waals surface area contributed by atoms with Crippen LogP contribution in [0.1, 0.15) is 22.9 Å². The van der Waals surface area contributed by atoms with Gasteiger partial charge in [0.25, 0.3) is 11.7 Å². The molecule has 2 aromatic heterocycles. The average Bonchev–Trinajstić information content (AvgIpc) is 3.52. The van der Waals surface area contributed by atoms with E-state index in [-0.39, 0.29) is 11.3 Å². The first-order valence-corrected chi connectivity index (χ1v) is 10.4. The van der Waals surface area contributed by atoms with Gasteiger partial charge in [-0.1, -0.05) is 18.2 Å². The largest absolute Gasteiger partial charge is 0.507 e. The zero-order chi connectivity index (χ0) is 21.1. The van der Waals surface area contributed by atoms with Crippen LogP contribution in [0.15, 0.2) is 66.1 Å². The van der Waals surface area contributed by atoms with Crippen molar-refractivity contribution >= 4 is 28.8 Å². The van der Waals surface area contributed by atoms with E-state index >= 15 is 0 Å². The molecule has 1 N–H and O–H groups in total. The van der Waals surface area contributed by atoms with E-state index in [0.717, 1.165) is 4.88 Å². The number of ether oxygens (including phenoxy) is 1. The predicted octanol–water partition coefficient (Wildman–Crippen LogP) is 3.47. The fraction of sp³-hybridized carbons (Fsp3) is 0.227. The third kappa shape index (κ3) is 3.73. The van der Waals surface area contributed by atoms with Crippen molar-refractivity contribution in [2.75, 3.05) is 13.7 Å². The fourth-order valence-corrected chi connectivity index (χ4v) is 4.47. The Labute approximate surface area is 177 Å². The number of hydrogen-bond acceptors (Lipinski definition) is 6. The Hall–Kier alpha value is -3.39. The van der Waals surface area contributed by atoms with Gasteiger partial charge in [0.15, 0.2) is 0 Å². The smallest absolute Gasteiger partial charge is 0.295 e. The van der Waals surface area contributed by atoms with Gasteiger partial charge in [-0.25, -0.2) is 4.98 Å². The molecule has 3 aromatic rings. The van der Waals surface area contributed by atoms with Crippen LogP contribution in [0.5, 0.6) is 5.75 Å². The number of thiophene rings is 1. The summed E-state index contributed by atoms with van der Waals surface area (Å²) in [5.74, 6) is -0.899. The molecule has 1 aliphatic rings.